The molecule has 0 aromatic rings. The number of carbonyl (C=O) groups excluding carboxylic acids is 1. The summed E-state index contributed by atoms with van der Waals surface area (Å²) in [7, 11) is -1.55. The average Bonchev–Trinajstić information content (AvgIpc) is 2.22. The molecule has 2 bridgehead atoms. The minimum atomic E-state index is -1.55. The first-order chi connectivity index (χ1) is 8.15. The smallest absolute Gasteiger partial charge is 0.241 e. The predicted octanol–water partition coefficient (Wildman–Crippen LogP) is 4.14. The molecule has 1 saturated carbocycles. The highest BCUT2D eigenvalue weighted by molar-refractivity contribution is 6.70. The van der Waals surface area contributed by atoms with Gasteiger partial charge >= 0.3 is 0 Å². The third kappa shape index (κ3) is 2.17. The Kier molecular flexibility index (Phi) is 3.25. The number of Topliss-reactive ketones (excluding diaryl/α,β-unsaturated/α-hetero) is 1. The van der Waals surface area contributed by atoms with E-state index in [0.29, 0.717) is 11.7 Å². The molecule has 18 heavy (non-hydrogen) atoms. The summed E-state index contributed by atoms with van der Waals surface area (Å²) in [4.78, 5) is 11.9. The molecule has 3 aliphatic carbocycles. The third-order valence-electron chi connectivity index (χ3n) is 4.81. The van der Waals surface area contributed by atoms with Crippen LogP contribution in [-0.4, -0.2) is 14.1 Å². The fraction of sp³-hybridized carbons (Fsp3) is 0.800. The van der Waals surface area contributed by atoms with Gasteiger partial charge in [-0.1, -0.05) is 6.92 Å². The lowest BCUT2D eigenvalue weighted by atomic mass is 9.55. The SMILES string of the molecule is CC(=O)[C@@H]1C[C@@H]2CC[C@@]1(C)C(C)=C2O[Si](C)(C)C. The Morgan fingerprint density at radius 3 is 2.50 bits per heavy atom. The zero-order valence-electron chi connectivity index (χ0n) is 12.6. The summed E-state index contributed by atoms with van der Waals surface area (Å²) in [5, 5.41) is 0. The van der Waals surface area contributed by atoms with Gasteiger partial charge in [0.15, 0.2) is 0 Å². The Balaban J connectivity index is 2.39. The quantitative estimate of drug-likeness (QED) is 0.718. The van der Waals surface area contributed by atoms with Gasteiger partial charge < -0.3 is 4.43 Å². The molecule has 3 heteroatoms. The Morgan fingerprint density at radius 2 is 2.00 bits per heavy atom. The van der Waals surface area contributed by atoms with Crippen molar-refractivity contribution in [1.82, 2.24) is 0 Å². The van der Waals surface area contributed by atoms with Crippen LogP contribution in [0.15, 0.2) is 11.3 Å². The number of ketones is 1. The molecule has 0 aliphatic heterocycles. The van der Waals surface area contributed by atoms with E-state index in [2.05, 4.69) is 33.5 Å². The number of hydrogen-bond acceptors (Lipinski definition) is 2. The van der Waals surface area contributed by atoms with Crippen molar-refractivity contribution in [2.45, 2.75) is 59.7 Å². The summed E-state index contributed by atoms with van der Waals surface area (Å²) in [6.45, 7) is 12.9. The Labute approximate surface area is 112 Å². The Morgan fingerprint density at radius 1 is 1.39 bits per heavy atom. The maximum Gasteiger partial charge on any atom is 0.241 e. The fourth-order valence-electron chi connectivity index (χ4n) is 3.69. The van der Waals surface area contributed by atoms with Gasteiger partial charge in [-0.05, 0) is 58.3 Å². The molecule has 0 aromatic carbocycles. The number of fused-ring (bicyclic) bond motifs is 2. The highest BCUT2D eigenvalue weighted by Crippen LogP contribution is 2.57. The lowest BCUT2D eigenvalue weighted by Crippen LogP contribution is -2.46. The van der Waals surface area contributed by atoms with Crippen molar-refractivity contribution in [2.75, 3.05) is 0 Å². The van der Waals surface area contributed by atoms with Crippen LogP contribution >= 0.6 is 0 Å². The molecule has 0 heterocycles. The summed E-state index contributed by atoms with van der Waals surface area (Å²) < 4.78 is 6.33. The summed E-state index contributed by atoms with van der Waals surface area (Å²) in [5.74, 6) is 2.30. The molecule has 0 radical (unpaired) electrons. The molecule has 2 nitrogen and oxygen atoms in total. The van der Waals surface area contributed by atoms with Crippen LogP contribution in [0.3, 0.4) is 0 Å². The summed E-state index contributed by atoms with van der Waals surface area (Å²) >= 11 is 0. The van der Waals surface area contributed by atoms with Crippen molar-refractivity contribution < 1.29 is 9.22 Å². The molecule has 0 saturated heterocycles. The molecule has 3 atom stereocenters. The van der Waals surface area contributed by atoms with E-state index in [1.165, 1.54) is 17.8 Å². The fourth-order valence-corrected chi connectivity index (χ4v) is 4.67. The molecule has 0 aromatic heterocycles. The maximum absolute atomic E-state index is 11.9. The van der Waals surface area contributed by atoms with Gasteiger partial charge in [0.25, 0.3) is 0 Å². The van der Waals surface area contributed by atoms with E-state index in [4.69, 9.17) is 4.43 Å². The van der Waals surface area contributed by atoms with Crippen LogP contribution < -0.4 is 0 Å². The van der Waals surface area contributed by atoms with Gasteiger partial charge in [-0.2, -0.15) is 0 Å². The van der Waals surface area contributed by atoms with E-state index in [-0.39, 0.29) is 11.3 Å². The van der Waals surface area contributed by atoms with Crippen LogP contribution in [0.5, 0.6) is 0 Å². The normalized spacial score (nSPS) is 35.9. The third-order valence-corrected chi connectivity index (χ3v) is 5.64. The molecule has 1 fully saturated rings. The van der Waals surface area contributed by atoms with E-state index in [0.717, 1.165) is 12.8 Å². The monoisotopic (exact) mass is 266 g/mol. The van der Waals surface area contributed by atoms with Gasteiger partial charge in [0, 0.05) is 17.3 Å². The van der Waals surface area contributed by atoms with Gasteiger partial charge in [0.1, 0.15) is 5.78 Å². The number of hydrogen-bond donors (Lipinski definition) is 0. The van der Waals surface area contributed by atoms with Crippen molar-refractivity contribution >= 4 is 14.1 Å². The van der Waals surface area contributed by atoms with Crippen LogP contribution in [0.4, 0.5) is 0 Å². The lowest BCUT2D eigenvalue weighted by Gasteiger charge is -2.51. The van der Waals surface area contributed by atoms with E-state index >= 15 is 0 Å². The van der Waals surface area contributed by atoms with Gasteiger partial charge in [0.2, 0.25) is 8.32 Å². The molecule has 0 amide bonds. The highest BCUT2D eigenvalue weighted by atomic mass is 28.4. The lowest BCUT2D eigenvalue weighted by molar-refractivity contribution is -0.127. The van der Waals surface area contributed by atoms with Crippen molar-refractivity contribution in [3.05, 3.63) is 11.3 Å². The van der Waals surface area contributed by atoms with Gasteiger partial charge in [-0.15, -0.1) is 0 Å². The standard InChI is InChI=1S/C15H26O2Si/c1-10-14(17-18(4,5)6)12-7-8-15(10,3)13(9-12)11(2)16/h12-13H,7-9H2,1-6H3/t12-,13-,15-/m0/s1. The first-order valence-electron chi connectivity index (χ1n) is 7.06. The minimum absolute atomic E-state index is 0.0512. The molecule has 0 N–H and O–H groups in total. The Bertz CT molecular complexity index is 405. The summed E-state index contributed by atoms with van der Waals surface area (Å²) in [5.41, 5.74) is 1.41. The molecule has 3 rings (SSSR count). The number of rotatable bonds is 3. The number of allylic oxidation sites excluding steroid dienone is 2. The van der Waals surface area contributed by atoms with Crippen molar-refractivity contribution in [3.63, 3.8) is 0 Å². The summed E-state index contributed by atoms with van der Waals surface area (Å²) in [6.07, 6.45) is 3.34. The minimum Gasteiger partial charge on any atom is -0.547 e. The molecule has 3 aliphatic rings. The molecule has 0 spiro atoms. The molecule has 102 valence electrons. The molecular weight excluding hydrogens is 240 g/mol. The van der Waals surface area contributed by atoms with E-state index in [1.807, 2.05) is 0 Å². The van der Waals surface area contributed by atoms with Gasteiger partial charge in [-0.25, -0.2) is 0 Å². The highest BCUT2D eigenvalue weighted by Gasteiger charge is 2.51. The van der Waals surface area contributed by atoms with Crippen LogP contribution in [0.1, 0.15) is 40.0 Å². The second-order valence-electron chi connectivity index (χ2n) is 7.26. The second-order valence-corrected chi connectivity index (χ2v) is 11.7. The van der Waals surface area contributed by atoms with Crippen LogP contribution in [0.25, 0.3) is 0 Å². The van der Waals surface area contributed by atoms with Crippen molar-refractivity contribution in [2.24, 2.45) is 17.3 Å². The Hall–Kier alpha value is -0.573. The van der Waals surface area contributed by atoms with E-state index in [9.17, 15) is 4.79 Å². The van der Waals surface area contributed by atoms with Crippen molar-refractivity contribution in [1.29, 1.82) is 0 Å². The average molecular weight is 266 g/mol. The van der Waals surface area contributed by atoms with Crippen LogP contribution in [0, 0.1) is 17.3 Å². The molecular formula is C15H26O2Si. The number of carbonyl (C=O) groups is 1. The van der Waals surface area contributed by atoms with Crippen LogP contribution in [-0.2, 0) is 9.22 Å². The predicted molar refractivity (Wildman–Crippen MR) is 76.8 cm³/mol. The van der Waals surface area contributed by atoms with Gasteiger partial charge in [-0.3, -0.25) is 4.79 Å². The van der Waals surface area contributed by atoms with E-state index in [1.54, 1.807) is 6.92 Å². The zero-order chi connectivity index (χ0) is 13.7. The molecule has 0 unspecified atom stereocenters. The van der Waals surface area contributed by atoms with Gasteiger partial charge in [0.05, 0.1) is 5.76 Å². The zero-order valence-corrected chi connectivity index (χ0v) is 13.6. The maximum atomic E-state index is 11.9. The largest absolute Gasteiger partial charge is 0.547 e. The first kappa shape index (κ1) is 13.8. The van der Waals surface area contributed by atoms with E-state index < -0.39 is 8.32 Å². The topological polar surface area (TPSA) is 26.3 Å². The van der Waals surface area contributed by atoms with Crippen molar-refractivity contribution in [3.8, 4) is 0 Å². The first-order valence-corrected chi connectivity index (χ1v) is 10.5. The van der Waals surface area contributed by atoms with Crippen LogP contribution in [0.2, 0.25) is 19.6 Å². The second kappa shape index (κ2) is 4.22. The summed E-state index contributed by atoms with van der Waals surface area (Å²) in [6, 6.07) is 0.